The Morgan fingerprint density at radius 1 is 1.00 bits per heavy atom. The molecule has 0 radical (unpaired) electrons. The Bertz CT molecular complexity index is 1350. The monoisotopic (exact) mass is 499 g/mol. The minimum atomic E-state index is -0.209. The molecule has 0 saturated heterocycles. The summed E-state index contributed by atoms with van der Waals surface area (Å²) in [6, 6.07) is 21.9. The maximum Gasteiger partial charge on any atom is 0.321 e. The van der Waals surface area contributed by atoms with Crippen molar-refractivity contribution in [2.45, 2.75) is 19.9 Å². The zero-order chi connectivity index (χ0) is 26.2. The molecule has 1 aromatic heterocycles. The van der Waals surface area contributed by atoms with Gasteiger partial charge in [-0.3, -0.25) is 4.79 Å². The van der Waals surface area contributed by atoms with Crippen LogP contribution in [0.15, 0.2) is 77.3 Å². The van der Waals surface area contributed by atoms with Crippen molar-refractivity contribution in [1.82, 2.24) is 20.4 Å². The molecule has 2 N–H and O–H groups in total. The fraction of sp³-hybridized carbons (Fsp3) is 0.214. The van der Waals surface area contributed by atoms with Crippen LogP contribution in [0.25, 0.3) is 11.5 Å². The second-order valence-electron chi connectivity index (χ2n) is 8.54. The third-order valence-electron chi connectivity index (χ3n) is 5.88. The summed E-state index contributed by atoms with van der Waals surface area (Å²) in [5.41, 5.74) is 3.98. The lowest BCUT2D eigenvalue weighted by atomic mass is 10.1. The predicted molar refractivity (Wildman–Crippen MR) is 140 cm³/mol. The first-order valence-electron chi connectivity index (χ1n) is 11.8. The third-order valence-corrected chi connectivity index (χ3v) is 5.88. The van der Waals surface area contributed by atoms with Crippen LogP contribution in [0.2, 0.25) is 0 Å². The van der Waals surface area contributed by atoms with Crippen molar-refractivity contribution >= 4 is 17.6 Å². The Kier molecular flexibility index (Phi) is 8.15. The minimum absolute atomic E-state index is 0.180. The van der Waals surface area contributed by atoms with Gasteiger partial charge in [0.05, 0.1) is 7.11 Å². The van der Waals surface area contributed by atoms with Crippen LogP contribution in [-0.2, 0) is 13.0 Å². The van der Waals surface area contributed by atoms with Crippen LogP contribution in [0.5, 0.6) is 5.75 Å². The second kappa shape index (κ2) is 11.9. The molecule has 3 aromatic carbocycles. The summed E-state index contributed by atoms with van der Waals surface area (Å²) < 4.78 is 10.5. The molecule has 0 unspecified atom stereocenters. The number of hydrogen-bond donors (Lipinski definition) is 2. The Morgan fingerprint density at radius 3 is 2.43 bits per heavy atom. The van der Waals surface area contributed by atoms with Crippen molar-refractivity contribution in [3.63, 3.8) is 0 Å². The average molecular weight is 500 g/mol. The van der Waals surface area contributed by atoms with Gasteiger partial charge >= 0.3 is 6.03 Å². The molecule has 0 aliphatic carbocycles. The van der Waals surface area contributed by atoms with Gasteiger partial charge in [0.25, 0.3) is 11.8 Å². The van der Waals surface area contributed by atoms with Gasteiger partial charge in [-0.05, 0) is 60.5 Å². The number of methoxy groups -OCH3 is 1. The number of nitrogens with one attached hydrogen (secondary N) is 2. The third kappa shape index (κ3) is 6.72. The van der Waals surface area contributed by atoms with Gasteiger partial charge in [0, 0.05) is 43.4 Å². The van der Waals surface area contributed by atoms with Crippen molar-refractivity contribution in [3.05, 3.63) is 95.3 Å². The molecule has 9 heteroatoms. The summed E-state index contributed by atoms with van der Waals surface area (Å²) in [7, 11) is 3.33. The van der Waals surface area contributed by atoms with E-state index in [1.807, 2.05) is 55.5 Å². The molecule has 0 atom stereocenters. The number of ether oxygens (including phenoxy) is 1. The lowest BCUT2D eigenvalue weighted by Gasteiger charge is -2.18. The number of amides is 3. The number of benzene rings is 3. The number of aryl methyl sites for hydroxylation is 1. The zero-order valence-electron chi connectivity index (χ0n) is 21.0. The van der Waals surface area contributed by atoms with E-state index < -0.39 is 0 Å². The van der Waals surface area contributed by atoms with E-state index in [2.05, 4.69) is 20.8 Å². The van der Waals surface area contributed by atoms with Crippen molar-refractivity contribution in [2.75, 3.05) is 26.0 Å². The average Bonchev–Trinajstić information content (AvgIpc) is 3.41. The number of carbonyl (C=O) groups is 2. The lowest BCUT2D eigenvalue weighted by molar-refractivity contribution is 0.0951. The molecule has 3 amide bonds. The molecule has 0 fully saturated rings. The Morgan fingerprint density at radius 2 is 1.73 bits per heavy atom. The number of para-hydroxylation sites is 1. The van der Waals surface area contributed by atoms with Crippen LogP contribution in [0.3, 0.4) is 0 Å². The van der Waals surface area contributed by atoms with E-state index in [4.69, 9.17) is 9.26 Å². The summed E-state index contributed by atoms with van der Waals surface area (Å²) in [5, 5.41) is 9.82. The van der Waals surface area contributed by atoms with Crippen molar-refractivity contribution in [2.24, 2.45) is 0 Å². The number of rotatable bonds is 9. The molecular weight excluding hydrogens is 470 g/mol. The van der Waals surface area contributed by atoms with Crippen LogP contribution in [-0.4, -0.2) is 47.7 Å². The molecule has 0 bridgehead atoms. The second-order valence-corrected chi connectivity index (χ2v) is 8.54. The fourth-order valence-corrected chi connectivity index (χ4v) is 3.56. The van der Waals surface area contributed by atoms with Gasteiger partial charge in [0.15, 0.2) is 5.82 Å². The van der Waals surface area contributed by atoms with E-state index in [-0.39, 0.29) is 11.9 Å². The number of urea groups is 1. The summed E-state index contributed by atoms with van der Waals surface area (Å²) in [4.78, 5) is 31.0. The van der Waals surface area contributed by atoms with Gasteiger partial charge in [-0.2, -0.15) is 4.98 Å². The highest BCUT2D eigenvalue weighted by Gasteiger charge is 2.14. The molecule has 190 valence electrons. The molecule has 37 heavy (non-hydrogen) atoms. The van der Waals surface area contributed by atoms with Crippen molar-refractivity contribution in [3.8, 4) is 17.2 Å². The highest BCUT2D eigenvalue weighted by atomic mass is 16.5. The SMILES string of the molecule is COc1ccc(CNC(=O)c2ccc(-c3nc(CCN(C)C(=O)Nc4ccccc4C)no3)cc2)cc1. The largest absolute Gasteiger partial charge is 0.497 e. The van der Waals surface area contributed by atoms with Crippen LogP contribution in [0.4, 0.5) is 10.5 Å². The minimum Gasteiger partial charge on any atom is -0.497 e. The molecule has 4 rings (SSSR count). The van der Waals surface area contributed by atoms with E-state index in [1.165, 1.54) is 0 Å². The summed E-state index contributed by atoms with van der Waals surface area (Å²) >= 11 is 0. The zero-order valence-corrected chi connectivity index (χ0v) is 21.0. The number of aromatic nitrogens is 2. The highest BCUT2D eigenvalue weighted by molar-refractivity contribution is 5.94. The summed E-state index contributed by atoms with van der Waals surface area (Å²) in [6.45, 7) is 2.77. The Hall–Kier alpha value is -4.66. The predicted octanol–water partition coefficient (Wildman–Crippen LogP) is 4.69. The van der Waals surface area contributed by atoms with Gasteiger partial charge in [-0.25, -0.2) is 4.79 Å². The van der Waals surface area contributed by atoms with E-state index in [0.717, 1.165) is 22.6 Å². The van der Waals surface area contributed by atoms with Crippen LogP contribution >= 0.6 is 0 Å². The van der Waals surface area contributed by atoms with E-state index in [1.54, 1.807) is 43.3 Å². The topological polar surface area (TPSA) is 110 Å². The molecule has 0 saturated carbocycles. The molecule has 0 spiro atoms. The quantitative estimate of drug-likeness (QED) is 0.346. The van der Waals surface area contributed by atoms with E-state index >= 15 is 0 Å². The van der Waals surface area contributed by atoms with Crippen LogP contribution in [0.1, 0.15) is 27.3 Å². The first-order chi connectivity index (χ1) is 17.9. The smallest absolute Gasteiger partial charge is 0.321 e. The maximum atomic E-state index is 12.5. The van der Waals surface area contributed by atoms with Crippen LogP contribution < -0.4 is 15.4 Å². The van der Waals surface area contributed by atoms with Gasteiger partial charge in [0.2, 0.25) is 0 Å². The number of anilines is 1. The van der Waals surface area contributed by atoms with E-state index in [9.17, 15) is 9.59 Å². The fourth-order valence-electron chi connectivity index (χ4n) is 3.56. The maximum absolute atomic E-state index is 12.5. The van der Waals surface area contributed by atoms with Gasteiger partial charge in [-0.15, -0.1) is 0 Å². The molecule has 0 aliphatic rings. The van der Waals surface area contributed by atoms with E-state index in [0.29, 0.717) is 42.4 Å². The first-order valence-corrected chi connectivity index (χ1v) is 11.8. The number of nitrogens with zero attached hydrogens (tertiary/aromatic N) is 3. The van der Waals surface area contributed by atoms with Crippen molar-refractivity contribution in [1.29, 1.82) is 0 Å². The summed E-state index contributed by atoms with van der Waals surface area (Å²) in [6.07, 6.45) is 0.438. The molecule has 0 aliphatic heterocycles. The highest BCUT2D eigenvalue weighted by Crippen LogP contribution is 2.19. The normalized spacial score (nSPS) is 10.6. The number of carbonyl (C=O) groups excluding carboxylic acids is 2. The Balaban J connectivity index is 1.28. The summed E-state index contributed by atoms with van der Waals surface area (Å²) in [5.74, 6) is 1.44. The van der Waals surface area contributed by atoms with Gasteiger partial charge in [0.1, 0.15) is 5.75 Å². The van der Waals surface area contributed by atoms with Crippen molar-refractivity contribution < 1.29 is 18.8 Å². The standard InChI is InChI=1S/C28H29N5O4/c1-19-6-4-5-7-24(19)30-28(35)33(2)17-16-25-31-27(37-32-25)22-12-10-21(11-13-22)26(34)29-18-20-8-14-23(36-3)15-9-20/h4-15H,16-18H2,1-3H3,(H,29,34)(H,30,35). The number of hydrogen-bond acceptors (Lipinski definition) is 6. The first kappa shape index (κ1) is 25.4. The lowest BCUT2D eigenvalue weighted by Crippen LogP contribution is -2.33. The Labute approximate surface area is 215 Å². The molecular formula is C28H29N5O4. The molecule has 9 nitrogen and oxygen atoms in total. The number of likely N-dealkylation sites (N-methyl/N-ethyl adjacent to an activating group) is 1. The van der Waals surface area contributed by atoms with Crippen LogP contribution in [0, 0.1) is 6.92 Å². The molecule has 4 aromatic rings. The molecule has 1 heterocycles. The van der Waals surface area contributed by atoms with Gasteiger partial charge < -0.3 is 24.8 Å². The van der Waals surface area contributed by atoms with Gasteiger partial charge in [-0.1, -0.05) is 35.5 Å².